The Morgan fingerprint density at radius 3 is 2.67 bits per heavy atom. The molecule has 0 spiro atoms. The van der Waals surface area contributed by atoms with Gasteiger partial charge in [-0.1, -0.05) is 6.08 Å². The van der Waals surface area contributed by atoms with Crippen molar-refractivity contribution in [1.82, 2.24) is 4.90 Å². The van der Waals surface area contributed by atoms with Crippen LogP contribution in [0, 0.1) is 0 Å². The highest BCUT2D eigenvalue weighted by molar-refractivity contribution is 7.91. The fourth-order valence-electron chi connectivity index (χ4n) is 1.68. The normalized spacial score (nSPS) is 20.1. The second kappa shape index (κ2) is 4.85. The summed E-state index contributed by atoms with van der Waals surface area (Å²) in [6.07, 6.45) is 5.64. The average Bonchev–Trinajstić information content (AvgIpc) is 2.77. The van der Waals surface area contributed by atoms with E-state index in [0.717, 1.165) is 21.8 Å². The average molecular weight is 286 g/mol. The van der Waals surface area contributed by atoms with Crippen molar-refractivity contribution in [3.05, 3.63) is 35.4 Å². The summed E-state index contributed by atoms with van der Waals surface area (Å²) in [6.45, 7) is 0. The van der Waals surface area contributed by atoms with E-state index in [2.05, 4.69) is 0 Å². The first kappa shape index (κ1) is 13.3. The van der Waals surface area contributed by atoms with Gasteiger partial charge in [0.1, 0.15) is 10.4 Å². The molecule has 0 amide bonds. The van der Waals surface area contributed by atoms with Gasteiger partial charge in [-0.2, -0.15) is 0 Å². The number of methoxy groups -OCH3 is 1. The fraction of sp³-hybridized carbons (Fsp3) is 0.273. The first-order valence-corrected chi connectivity index (χ1v) is 7.56. The lowest BCUT2D eigenvalue weighted by Crippen LogP contribution is -2.28. The Labute approximate surface area is 110 Å². The number of allylic oxidation sites excluding steroid dienone is 2. The minimum Gasteiger partial charge on any atom is -0.358 e. The maximum absolute atomic E-state index is 11.2. The van der Waals surface area contributed by atoms with Crippen molar-refractivity contribution in [2.45, 2.75) is 10.4 Å². The number of thiophene rings is 1. The Balaban J connectivity index is 2.29. The van der Waals surface area contributed by atoms with Gasteiger partial charge in [-0.3, -0.25) is 0 Å². The van der Waals surface area contributed by atoms with Crippen LogP contribution in [0.25, 0.3) is 5.57 Å². The smallest absolute Gasteiger partial charge is 0.247 e. The lowest BCUT2D eigenvalue weighted by Gasteiger charge is -2.26. The molecule has 0 saturated heterocycles. The Hall–Kier alpha value is -1.15. The zero-order chi connectivity index (χ0) is 13.3. The molecule has 0 fully saturated rings. The second-order valence-corrected chi connectivity index (χ2v) is 6.77. The third kappa shape index (κ3) is 2.64. The van der Waals surface area contributed by atoms with Gasteiger partial charge in [-0.15, -0.1) is 11.3 Å². The van der Waals surface area contributed by atoms with Crippen LogP contribution in [0.2, 0.25) is 0 Å². The Kier molecular flexibility index (Phi) is 3.58. The van der Waals surface area contributed by atoms with Crippen LogP contribution in [0.4, 0.5) is 0 Å². The standard InChI is InChI=1S/C11H14N2O3S2/c1-13-7-8(3-5-10(13)16-2)9-4-6-11(17-9)18(12,14)15/h3-7,10H,1-2H3,(H2,12,14,15). The monoisotopic (exact) mass is 286 g/mol. The van der Waals surface area contributed by atoms with E-state index in [1.54, 1.807) is 13.2 Å². The molecular formula is C11H14N2O3S2. The summed E-state index contributed by atoms with van der Waals surface area (Å²) in [6, 6.07) is 3.27. The number of likely N-dealkylation sites (N-methyl/N-ethyl adjacent to an activating group) is 1. The quantitative estimate of drug-likeness (QED) is 0.906. The molecule has 2 heterocycles. The van der Waals surface area contributed by atoms with Gasteiger partial charge in [0.15, 0.2) is 0 Å². The summed E-state index contributed by atoms with van der Waals surface area (Å²) in [4.78, 5) is 2.77. The Morgan fingerprint density at radius 1 is 1.44 bits per heavy atom. The Morgan fingerprint density at radius 2 is 2.17 bits per heavy atom. The molecule has 98 valence electrons. The van der Waals surface area contributed by atoms with Crippen molar-refractivity contribution >= 4 is 26.9 Å². The predicted octanol–water partition coefficient (Wildman–Crippen LogP) is 1.21. The van der Waals surface area contributed by atoms with Gasteiger partial charge in [-0.25, -0.2) is 13.6 Å². The second-order valence-electron chi connectivity index (χ2n) is 3.90. The zero-order valence-corrected chi connectivity index (χ0v) is 11.7. The summed E-state index contributed by atoms with van der Waals surface area (Å²) in [5, 5.41) is 5.09. The predicted molar refractivity (Wildman–Crippen MR) is 71.4 cm³/mol. The molecule has 1 aliphatic rings. The van der Waals surface area contributed by atoms with E-state index in [1.807, 2.05) is 30.3 Å². The molecule has 5 nitrogen and oxygen atoms in total. The Bertz CT molecular complexity index is 602. The molecule has 0 bridgehead atoms. The molecule has 1 aliphatic heterocycles. The summed E-state index contributed by atoms with van der Waals surface area (Å²) in [7, 11) is -0.0925. The van der Waals surface area contributed by atoms with Crippen molar-refractivity contribution < 1.29 is 13.2 Å². The number of nitrogens with two attached hydrogens (primary N) is 1. The van der Waals surface area contributed by atoms with Gasteiger partial charge in [-0.05, 0) is 18.2 Å². The topological polar surface area (TPSA) is 72.6 Å². The van der Waals surface area contributed by atoms with Crippen LogP contribution in [-0.2, 0) is 14.8 Å². The number of ether oxygens (including phenoxy) is 1. The SMILES string of the molecule is COC1C=CC(c2ccc(S(N)(=O)=O)s2)=CN1C. The van der Waals surface area contributed by atoms with E-state index < -0.39 is 10.0 Å². The van der Waals surface area contributed by atoms with Crippen molar-refractivity contribution in [2.75, 3.05) is 14.2 Å². The van der Waals surface area contributed by atoms with Gasteiger partial charge in [0.2, 0.25) is 10.0 Å². The molecule has 0 aromatic carbocycles. The van der Waals surface area contributed by atoms with E-state index in [-0.39, 0.29) is 10.4 Å². The largest absolute Gasteiger partial charge is 0.358 e. The lowest BCUT2D eigenvalue weighted by atomic mass is 10.1. The molecule has 0 aliphatic carbocycles. The number of hydrogen-bond donors (Lipinski definition) is 1. The van der Waals surface area contributed by atoms with Crippen LogP contribution >= 0.6 is 11.3 Å². The lowest BCUT2D eigenvalue weighted by molar-refractivity contribution is 0.0453. The summed E-state index contributed by atoms with van der Waals surface area (Å²) in [5.74, 6) is 0. The van der Waals surface area contributed by atoms with Gasteiger partial charge in [0.25, 0.3) is 0 Å². The van der Waals surface area contributed by atoms with Crippen LogP contribution in [0.3, 0.4) is 0 Å². The molecule has 1 unspecified atom stereocenters. The maximum Gasteiger partial charge on any atom is 0.247 e. The number of hydrogen-bond acceptors (Lipinski definition) is 5. The molecule has 2 N–H and O–H groups in total. The summed E-state index contributed by atoms with van der Waals surface area (Å²) in [5.41, 5.74) is 0.936. The zero-order valence-electron chi connectivity index (χ0n) is 10.0. The van der Waals surface area contributed by atoms with Gasteiger partial charge < -0.3 is 9.64 Å². The minimum absolute atomic E-state index is 0.0913. The summed E-state index contributed by atoms with van der Waals surface area (Å²) >= 11 is 1.16. The number of rotatable bonds is 3. The van der Waals surface area contributed by atoms with Crippen LogP contribution in [-0.4, -0.2) is 33.7 Å². The molecule has 18 heavy (non-hydrogen) atoms. The highest BCUT2D eigenvalue weighted by Gasteiger charge is 2.16. The maximum atomic E-state index is 11.2. The fourth-order valence-corrected chi connectivity index (χ4v) is 3.40. The van der Waals surface area contributed by atoms with Crippen molar-refractivity contribution in [3.63, 3.8) is 0 Å². The third-order valence-electron chi connectivity index (χ3n) is 2.57. The van der Waals surface area contributed by atoms with Gasteiger partial charge in [0, 0.05) is 30.8 Å². The molecule has 0 saturated carbocycles. The molecule has 2 rings (SSSR count). The van der Waals surface area contributed by atoms with Crippen molar-refractivity contribution in [3.8, 4) is 0 Å². The molecular weight excluding hydrogens is 272 g/mol. The van der Waals surface area contributed by atoms with Crippen LogP contribution < -0.4 is 5.14 Å². The van der Waals surface area contributed by atoms with E-state index in [4.69, 9.17) is 9.88 Å². The minimum atomic E-state index is -3.62. The van der Waals surface area contributed by atoms with Crippen LogP contribution in [0.5, 0.6) is 0 Å². The number of primary sulfonamides is 1. The molecule has 0 radical (unpaired) electrons. The molecule has 1 aromatic rings. The van der Waals surface area contributed by atoms with Gasteiger partial charge in [0.05, 0.1) is 0 Å². The van der Waals surface area contributed by atoms with E-state index >= 15 is 0 Å². The van der Waals surface area contributed by atoms with Crippen molar-refractivity contribution in [2.24, 2.45) is 5.14 Å². The number of nitrogens with zero attached hydrogens (tertiary/aromatic N) is 1. The van der Waals surface area contributed by atoms with Crippen LogP contribution in [0.15, 0.2) is 34.7 Å². The van der Waals surface area contributed by atoms with E-state index in [9.17, 15) is 8.42 Å². The highest BCUT2D eigenvalue weighted by Crippen LogP contribution is 2.29. The van der Waals surface area contributed by atoms with Crippen LogP contribution in [0.1, 0.15) is 4.88 Å². The van der Waals surface area contributed by atoms with Crippen molar-refractivity contribution in [1.29, 1.82) is 0 Å². The van der Waals surface area contributed by atoms with E-state index in [1.165, 1.54) is 6.07 Å². The first-order valence-electron chi connectivity index (χ1n) is 5.19. The molecule has 1 atom stereocenters. The molecule has 7 heteroatoms. The number of sulfonamides is 1. The highest BCUT2D eigenvalue weighted by atomic mass is 32.2. The first-order chi connectivity index (χ1) is 8.41. The molecule has 1 aromatic heterocycles. The van der Waals surface area contributed by atoms with Gasteiger partial charge >= 0.3 is 0 Å². The summed E-state index contributed by atoms with van der Waals surface area (Å²) < 4.78 is 27.8. The van der Waals surface area contributed by atoms with E-state index in [0.29, 0.717) is 0 Å². The third-order valence-corrected chi connectivity index (χ3v) is 5.15.